The molecule has 8 heteroatoms. The summed E-state index contributed by atoms with van der Waals surface area (Å²) in [7, 11) is -4.19. The number of aromatic hydroxyl groups is 1. The Labute approximate surface area is 198 Å². The zero-order chi connectivity index (χ0) is 23.7. The van der Waals surface area contributed by atoms with Gasteiger partial charge in [0.05, 0.1) is 17.0 Å². The SMILES string of the molecule is O=S(=O)(c1ccccc1CO)c1c(O)cccc1-c1nc(NC2CCCC2)c2ccccc2n1. The van der Waals surface area contributed by atoms with Gasteiger partial charge in [-0.2, -0.15) is 0 Å². The normalized spacial score (nSPS) is 14.5. The number of nitrogens with one attached hydrogen (secondary N) is 1. The van der Waals surface area contributed by atoms with E-state index in [-0.39, 0.29) is 26.7 Å². The number of phenols is 1. The lowest BCUT2D eigenvalue weighted by Crippen LogP contribution is -2.16. The van der Waals surface area contributed by atoms with Crippen LogP contribution in [0.5, 0.6) is 5.75 Å². The van der Waals surface area contributed by atoms with Crippen LogP contribution in [0, 0.1) is 0 Å². The van der Waals surface area contributed by atoms with Gasteiger partial charge >= 0.3 is 0 Å². The molecular formula is C26H25N3O4S. The molecule has 1 aliphatic carbocycles. The number of rotatable bonds is 6. The average Bonchev–Trinajstić information content (AvgIpc) is 3.36. The summed E-state index contributed by atoms with van der Waals surface area (Å²) in [5.74, 6) is 0.456. The van der Waals surface area contributed by atoms with Gasteiger partial charge in [-0.1, -0.05) is 49.2 Å². The minimum absolute atomic E-state index is 0.0645. The molecule has 4 aromatic rings. The van der Waals surface area contributed by atoms with Gasteiger partial charge in [-0.15, -0.1) is 0 Å². The van der Waals surface area contributed by atoms with Crippen LogP contribution in [0.15, 0.2) is 76.5 Å². The van der Waals surface area contributed by atoms with Gasteiger partial charge in [-0.3, -0.25) is 0 Å². The standard InChI is InChI=1S/C26H25N3O4S/c30-16-17-8-1-6-15-23(17)34(32,33)24-20(12-7-14-22(24)31)26-28-21-13-5-4-11-19(21)25(29-26)27-18-9-2-3-10-18/h1,4-8,11-15,18,30-31H,2-3,9-10,16H2,(H,27,28,29). The number of aliphatic hydroxyl groups excluding tert-OH is 1. The van der Waals surface area contributed by atoms with Crippen LogP contribution >= 0.6 is 0 Å². The number of para-hydroxylation sites is 1. The highest BCUT2D eigenvalue weighted by atomic mass is 32.2. The average molecular weight is 476 g/mol. The van der Waals surface area contributed by atoms with E-state index in [1.165, 1.54) is 12.1 Å². The Kier molecular flexibility index (Phi) is 5.93. The summed E-state index contributed by atoms with van der Waals surface area (Å²) in [5, 5.41) is 24.8. The zero-order valence-electron chi connectivity index (χ0n) is 18.5. The Morgan fingerprint density at radius 1 is 0.912 bits per heavy atom. The van der Waals surface area contributed by atoms with Crippen LogP contribution in [0.4, 0.5) is 5.82 Å². The molecule has 1 saturated carbocycles. The minimum Gasteiger partial charge on any atom is -0.507 e. The largest absolute Gasteiger partial charge is 0.507 e. The fourth-order valence-electron chi connectivity index (χ4n) is 4.56. The summed E-state index contributed by atoms with van der Waals surface area (Å²) in [4.78, 5) is 9.05. The molecule has 1 heterocycles. The third kappa shape index (κ3) is 3.99. The predicted molar refractivity (Wildman–Crippen MR) is 130 cm³/mol. The molecule has 0 saturated heterocycles. The second kappa shape index (κ2) is 9.04. The molecule has 0 bridgehead atoms. The molecule has 3 N–H and O–H groups in total. The Bertz CT molecular complexity index is 1460. The molecule has 1 aliphatic rings. The van der Waals surface area contributed by atoms with Gasteiger partial charge in [0.25, 0.3) is 0 Å². The number of hydrogen-bond donors (Lipinski definition) is 3. The van der Waals surface area contributed by atoms with Crippen molar-refractivity contribution in [3.05, 3.63) is 72.3 Å². The number of nitrogens with zero attached hydrogens (tertiary/aromatic N) is 2. The molecule has 0 atom stereocenters. The second-order valence-corrected chi connectivity index (χ2v) is 10.3. The lowest BCUT2D eigenvalue weighted by Gasteiger charge is -2.17. The molecule has 0 radical (unpaired) electrons. The van der Waals surface area contributed by atoms with Gasteiger partial charge in [0.1, 0.15) is 16.5 Å². The molecule has 5 rings (SSSR count). The first-order valence-electron chi connectivity index (χ1n) is 11.3. The summed E-state index contributed by atoms with van der Waals surface area (Å²) in [5.41, 5.74) is 1.13. The number of sulfone groups is 1. The van der Waals surface area contributed by atoms with E-state index in [1.807, 2.05) is 24.3 Å². The summed E-state index contributed by atoms with van der Waals surface area (Å²) >= 11 is 0. The quantitative estimate of drug-likeness (QED) is 0.371. The third-order valence-electron chi connectivity index (χ3n) is 6.24. The topological polar surface area (TPSA) is 112 Å². The number of aromatic nitrogens is 2. The molecule has 0 aliphatic heterocycles. The molecule has 0 unspecified atom stereocenters. The second-order valence-electron chi connectivity index (χ2n) is 8.46. The van der Waals surface area contributed by atoms with Gasteiger partial charge in [-0.25, -0.2) is 18.4 Å². The monoisotopic (exact) mass is 475 g/mol. The van der Waals surface area contributed by atoms with E-state index >= 15 is 0 Å². The van der Waals surface area contributed by atoms with Crippen LogP contribution < -0.4 is 5.32 Å². The molecule has 0 amide bonds. The van der Waals surface area contributed by atoms with Crippen molar-refractivity contribution in [2.75, 3.05) is 5.32 Å². The summed E-state index contributed by atoms with van der Waals surface area (Å²) < 4.78 is 27.4. The van der Waals surface area contributed by atoms with Crippen molar-refractivity contribution in [3.63, 3.8) is 0 Å². The number of phenolic OH excluding ortho intramolecular Hbond substituents is 1. The molecule has 174 valence electrons. The van der Waals surface area contributed by atoms with Gasteiger partial charge in [0.15, 0.2) is 5.82 Å². The van der Waals surface area contributed by atoms with E-state index in [9.17, 15) is 18.6 Å². The highest BCUT2D eigenvalue weighted by Crippen LogP contribution is 2.38. The Hall–Kier alpha value is -3.49. The summed E-state index contributed by atoms with van der Waals surface area (Å²) in [6.45, 7) is -0.444. The maximum absolute atomic E-state index is 13.7. The summed E-state index contributed by atoms with van der Waals surface area (Å²) in [6, 6.07) is 18.6. The Balaban J connectivity index is 1.71. The highest BCUT2D eigenvalue weighted by molar-refractivity contribution is 7.91. The fourth-order valence-corrected chi connectivity index (χ4v) is 6.31. The number of fused-ring (bicyclic) bond motifs is 1. The molecule has 0 spiro atoms. The van der Waals surface area contributed by atoms with E-state index in [2.05, 4.69) is 10.3 Å². The highest BCUT2D eigenvalue weighted by Gasteiger charge is 2.29. The summed E-state index contributed by atoms with van der Waals surface area (Å²) in [6.07, 6.45) is 4.42. The first-order valence-corrected chi connectivity index (χ1v) is 12.8. The van der Waals surface area contributed by atoms with Crippen molar-refractivity contribution in [2.45, 2.75) is 48.1 Å². The van der Waals surface area contributed by atoms with Crippen LogP contribution in [-0.4, -0.2) is 34.6 Å². The van der Waals surface area contributed by atoms with Crippen molar-refractivity contribution < 1.29 is 18.6 Å². The van der Waals surface area contributed by atoms with Gasteiger partial charge in [0.2, 0.25) is 9.84 Å². The van der Waals surface area contributed by atoms with Crippen LogP contribution in [0.1, 0.15) is 31.2 Å². The Morgan fingerprint density at radius 2 is 1.65 bits per heavy atom. The fraction of sp³-hybridized carbons (Fsp3) is 0.231. The predicted octanol–water partition coefficient (Wildman–Crippen LogP) is 4.68. The van der Waals surface area contributed by atoms with Gasteiger partial charge in [-0.05, 0) is 48.7 Å². The molecule has 34 heavy (non-hydrogen) atoms. The first kappa shape index (κ1) is 22.3. The molecule has 3 aromatic carbocycles. The van der Waals surface area contributed by atoms with Crippen molar-refractivity contribution in [3.8, 4) is 17.1 Å². The number of hydrogen-bond acceptors (Lipinski definition) is 7. The molecule has 7 nitrogen and oxygen atoms in total. The van der Waals surface area contributed by atoms with Crippen LogP contribution in [0.25, 0.3) is 22.3 Å². The smallest absolute Gasteiger partial charge is 0.211 e. The molecular weight excluding hydrogens is 450 g/mol. The van der Waals surface area contributed by atoms with E-state index in [0.717, 1.165) is 31.1 Å². The zero-order valence-corrected chi connectivity index (χ0v) is 19.3. The van der Waals surface area contributed by atoms with E-state index in [1.54, 1.807) is 30.3 Å². The lowest BCUT2D eigenvalue weighted by molar-refractivity contribution is 0.278. The lowest BCUT2D eigenvalue weighted by atomic mass is 10.1. The van der Waals surface area contributed by atoms with Crippen molar-refractivity contribution in [2.24, 2.45) is 0 Å². The van der Waals surface area contributed by atoms with Gasteiger partial charge in [0, 0.05) is 17.0 Å². The van der Waals surface area contributed by atoms with Crippen molar-refractivity contribution in [1.29, 1.82) is 0 Å². The van der Waals surface area contributed by atoms with Crippen molar-refractivity contribution >= 4 is 26.6 Å². The van der Waals surface area contributed by atoms with Crippen molar-refractivity contribution in [1.82, 2.24) is 9.97 Å². The van der Waals surface area contributed by atoms with E-state index in [0.29, 0.717) is 17.4 Å². The van der Waals surface area contributed by atoms with E-state index < -0.39 is 22.2 Å². The van der Waals surface area contributed by atoms with Crippen LogP contribution in [0.2, 0.25) is 0 Å². The van der Waals surface area contributed by atoms with Crippen LogP contribution in [-0.2, 0) is 16.4 Å². The molecule has 1 fully saturated rings. The van der Waals surface area contributed by atoms with Crippen LogP contribution in [0.3, 0.4) is 0 Å². The maximum atomic E-state index is 13.7. The number of anilines is 1. The minimum atomic E-state index is -4.19. The first-order chi connectivity index (χ1) is 16.5. The third-order valence-corrected chi connectivity index (χ3v) is 8.18. The number of aliphatic hydroxyl groups is 1. The maximum Gasteiger partial charge on any atom is 0.211 e. The molecule has 1 aromatic heterocycles. The Morgan fingerprint density at radius 3 is 2.44 bits per heavy atom. The van der Waals surface area contributed by atoms with Gasteiger partial charge < -0.3 is 15.5 Å². The number of benzene rings is 3. The van der Waals surface area contributed by atoms with E-state index in [4.69, 9.17) is 4.98 Å².